The minimum atomic E-state index is -0.0218. The highest BCUT2D eigenvalue weighted by atomic mass is 16.5. The second-order valence-corrected chi connectivity index (χ2v) is 6.88. The van der Waals surface area contributed by atoms with Gasteiger partial charge in [-0.2, -0.15) is 0 Å². The molecule has 0 aliphatic heterocycles. The van der Waals surface area contributed by atoms with Gasteiger partial charge >= 0.3 is 0 Å². The third-order valence-corrected chi connectivity index (χ3v) is 3.71. The molecule has 0 spiro atoms. The predicted molar refractivity (Wildman–Crippen MR) is 94.8 cm³/mol. The summed E-state index contributed by atoms with van der Waals surface area (Å²) >= 11 is 0. The summed E-state index contributed by atoms with van der Waals surface area (Å²) in [7, 11) is 1.66. The van der Waals surface area contributed by atoms with Crippen LogP contribution in [0.2, 0.25) is 0 Å². The SMILES string of the molecule is COc1cccc(-c2ccc(C(=O)NCCC(C)(C)C)cc2)c1. The van der Waals surface area contributed by atoms with E-state index in [1.165, 1.54) is 0 Å². The summed E-state index contributed by atoms with van der Waals surface area (Å²) in [5.41, 5.74) is 3.05. The fourth-order valence-corrected chi connectivity index (χ4v) is 2.27. The normalized spacial score (nSPS) is 11.1. The Balaban J connectivity index is 2.02. The van der Waals surface area contributed by atoms with E-state index in [-0.39, 0.29) is 11.3 Å². The molecule has 0 fully saturated rings. The van der Waals surface area contributed by atoms with Gasteiger partial charge in [0.05, 0.1) is 7.11 Å². The average molecular weight is 311 g/mol. The van der Waals surface area contributed by atoms with Crippen molar-refractivity contribution in [3.63, 3.8) is 0 Å². The highest BCUT2D eigenvalue weighted by Crippen LogP contribution is 2.24. The first-order chi connectivity index (χ1) is 10.9. The number of carbonyl (C=O) groups is 1. The Labute approximate surface area is 138 Å². The van der Waals surface area contributed by atoms with Crippen molar-refractivity contribution in [2.45, 2.75) is 27.2 Å². The maximum Gasteiger partial charge on any atom is 0.251 e. The molecule has 3 heteroatoms. The largest absolute Gasteiger partial charge is 0.497 e. The molecule has 2 aromatic rings. The molecule has 2 aromatic carbocycles. The predicted octanol–water partition coefficient (Wildman–Crippen LogP) is 4.53. The Bertz CT molecular complexity index is 654. The van der Waals surface area contributed by atoms with E-state index in [4.69, 9.17) is 4.74 Å². The Morgan fingerprint density at radius 2 is 1.74 bits per heavy atom. The van der Waals surface area contributed by atoms with Crippen molar-refractivity contribution in [3.05, 3.63) is 54.1 Å². The number of methoxy groups -OCH3 is 1. The van der Waals surface area contributed by atoms with Gasteiger partial charge in [-0.25, -0.2) is 0 Å². The van der Waals surface area contributed by atoms with E-state index < -0.39 is 0 Å². The zero-order valence-electron chi connectivity index (χ0n) is 14.3. The molecule has 0 atom stereocenters. The van der Waals surface area contributed by atoms with Crippen molar-refractivity contribution in [1.82, 2.24) is 5.32 Å². The van der Waals surface area contributed by atoms with Gasteiger partial charge in [0.1, 0.15) is 5.75 Å². The van der Waals surface area contributed by atoms with Crippen LogP contribution in [0.3, 0.4) is 0 Å². The second-order valence-electron chi connectivity index (χ2n) is 6.88. The van der Waals surface area contributed by atoms with Gasteiger partial charge in [0.25, 0.3) is 5.91 Å². The molecule has 0 radical (unpaired) electrons. The van der Waals surface area contributed by atoms with Gasteiger partial charge in [0, 0.05) is 12.1 Å². The number of hydrogen-bond acceptors (Lipinski definition) is 2. The third-order valence-electron chi connectivity index (χ3n) is 3.71. The van der Waals surface area contributed by atoms with E-state index in [9.17, 15) is 4.79 Å². The zero-order valence-corrected chi connectivity index (χ0v) is 14.3. The van der Waals surface area contributed by atoms with Gasteiger partial charge in [0.15, 0.2) is 0 Å². The van der Waals surface area contributed by atoms with E-state index >= 15 is 0 Å². The molecule has 1 amide bonds. The van der Waals surface area contributed by atoms with Crippen LogP contribution in [0.4, 0.5) is 0 Å². The van der Waals surface area contributed by atoms with Crippen LogP contribution in [-0.4, -0.2) is 19.6 Å². The lowest BCUT2D eigenvalue weighted by Crippen LogP contribution is -2.27. The standard InChI is InChI=1S/C20H25NO2/c1-20(2,3)12-13-21-19(22)16-10-8-15(9-11-16)17-6-5-7-18(14-17)23-4/h5-11,14H,12-13H2,1-4H3,(H,21,22). The van der Waals surface area contributed by atoms with Crippen LogP contribution in [0.25, 0.3) is 11.1 Å². The Hall–Kier alpha value is -2.29. The van der Waals surface area contributed by atoms with Crippen LogP contribution >= 0.6 is 0 Å². The smallest absolute Gasteiger partial charge is 0.251 e. The first-order valence-electron chi connectivity index (χ1n) is 7.92. The van der Waals surface area contributed by atoms with Crippen molar-refractivity contribution < 1.29 is 9.53 Å². The van der Waals surface area contributed by atoms with E-state index in [0.29, 0.717) is 12.1 Å². The Morgan fingerprint density at radius 3 is 2.35 bits per heavy atom. The van der Waals surface area contributed by atoms with Crippen LogP contribution in [0, 0.1) is 5.41 Å². The third kappa shape index (κ3) is 5.13. The van der Waals surface area contributed by atoms with Crippen molar-refractivity contribution in [1.29, 1.82) is 0 Å². The van der Waals surface area contributed by atoms with E-state index in [1.807, 2.05) is 48.5 Å². The summed E-state index contributed by atoms with van der Waals surface area (Å²) in [5.74, 6) is 0.804. The molecule has 1 N–H and O–H groups in total. The number of benzene rings is 2. The molecule has 3 nitrogen and oxygen atoms in total. The van der Waals surface area contributed by atoms with Gasteiger partial charge in [-0.1, -0.05) is 45.0 Å². The number of nitrogens with one attached hydrogen (secondary N) is 1. The molecule has 0 bridgehead atoms. The maximum absolute atomic E-state index is 12.1. The average Bonchev–Trinajstić information content (AvgIpc) is 2.54. The van der Waals surface area contributed by atoms with Gasteiger partial charge in [-0.3, -0.25) is 4.79 Å². The highest BCUT2D eigenvalue weighted by Gasteiger charge is 2.11. The fourth-order valence-electron chi connectivity index (χ4n) is 2.27. The molecule has 23 heavy (non-hydrogen) atoms. The molecule has 2 rings (SSSR count). The molecular formula is C20H25NO2. The molecule has 0 unspecified atom stereocenters. The number of amides is 1. The number of carbonyl (C=O) groups excluding carboxylic acids is 1. The summed E-state index contributed by atoms with van der Waals surface area (Å²) in [6, 6.07) is 15.5. The van der Waals surface area contributed by atoms with E-state index in [2.05, 4.69) is 26.1 Å². The van der Waals surface area contributed by atoms with E-state index in [0.717, 1.165) is 23.3 Å². The molecule has 0 heterocycles. The summed E-state index contributed by atoms with van der Waals surface area (Å²) < 4.78 is 5.25. The van der Waals surface area contributed by atoms with Crippen molar-refractivity contribution in [3.8, 4) is 16.9 Å². The van der Waals surface area contributed by atoms with Crippen LogP contribution < -0.4 is 10.1 Å². The summed E-state index contributed by atoms with van der Waals surface area (Å²) in [4.78, 5) is 12.1. The van der Waals surface area contributed by atoms with Gasteiger partial charge in [-0.15, -0.1) is 0 Å². The summed E-state index contributed by atoms with van der Waals surface area (Å²) in [6.45, 7) is 7.20. The van der Waals surface area contributed by atoms with Crippen molar-refractivity contribution in [2.75, 3.05) is 13.7 Å². The Morgan fingerprint density at radius 1 is 1.04 bits per heavy atom. The van der Waals surface area contributed by atoms with Crippen molar-refractivity contribution in [2.24, 2.45) is 5.41 Å². The fraction of sp³-hybridized carbons (Fsp3) is 0.350. The molecule has 0 saturated carbocycles. The topological polar surface area (TPSA) is 38.3 Å². The van der Waals surface area contributed by atoms with Gasteiger partial charge < -0.3 is 10.1 Å². The number of ether oxygens (including phenoxy) is 1. The van der Waals surface area contributed by atoms with Crippen LogP contribution in [0.5, 0.6) is 5.75 Å². The summed E-state index contributed by atoms with van der Waals surface area (Å²) in [6.07, 6.45) is 0.959. The molecule has 122 valence electrons. The molecule has 0 aromatic heterocycles. The molecule has 0 aliphatic carbocycles. The highest BCUT2D eigenvalue weighted by molar-refractivity contribution is 5.94. The molecule has 0 aliphatic rings. The lowest BCUT2D eigenvalue weighted by atomic mass is 9.92. The zero-order chi connectivity index (χ0) is 16.9. The second kappa shape index (κ2) is 7.32. The minimum absolute atomic E-state index is 0.0218. The number of hydrogen-bond donors (Lipinski definition) is 1. The van der Waals surface area contributed by atoms with Gasteiger partial charge in [0.2, 0.25) is 0 Å². The first-order valence-corrected chi connectivity index (χ1v) is 7.92. The lowest BCUT2D eigenvalue weighted by molar-refractivity contribution is 0.0949. The quantitative estimate of drug-likeness (QED) is 0.881. The van der Waals surface area contributed by atoms with Crippen LogP contribution in [0.1, 0.15) is 37.6 Å². The Kier molecular flexibility index (Phi) is 5.43. The minimum Gasteiger partial charge on any atom is -0.497 e. The molecule has 0 saturated heterocycles. The first kappa shape index (κ1) is 17.1. The summed E-state index contributed by atoms with van der Waals surface area (Å²) in [5, 5.41) is 2.97. The number of rotatable bonds is 5. The van der Waals surface area contributed by atoms with E-state index in [1.54, 1.807) is 7.11 Å². The van der Waals surface area contributed by atoms with Crippen LogP contribution in [-0.2, 0) is 0 Å². The molecular weight excluding hydrogens is 286 g/mol. The van der Waals surface area contributed by atoms with Gasteiger partial charge in [-0.05, 0) is 47.2 Å². The lowest BCUT2D eigenvalue weighted by Gasteiger charge is -2.18. The van der Waals surface area contributed by atoms with Crippen molar-refractivity contribution >= 4 is 5.91 Å². The maximum atomic E-state index is 12.1. The monoisotopic (exact) mass is 311 g/mol. The van der Waals surface area contributed by atoms with Crippen LogP contribution in [0.15, 0.2) is 48.5 Å².